The second-order valence-electron chi connectivity index (χ2n) is 5.42. The fraction of sp³-hybridized carbons (Fsp3) is 0.263. The van der Waals surface area contributed by atoms with Crippen LogP contribution in [0.25, 0.3) is 11.0 Å². The van der Waals surface area contributed by atoms with Gasteiger partial charge in [-0.25, -0.2) is 4.98 Å². The first kappa shape index (κ1) is 17.4. The number of carbonyl (C=O) groups is 1. The number of aryl methyl sites for hydroxylation is 1. The SMILES string of the molecule is CCOc1ccc(NC(=O)CSc2nc3ccccc3n2CC)cc1. The first-order valence-corrected chi connectivity index (χ1v) is 9.30. The van der Waals surface area contributed by atoms with Gasteiger partial charge < -0.3 is 14.6 Å². The molecule has 6 heteroatoms. The number of rotatable bonds is 7. The molecule has 1 N–H and O–H groups in total. The van der Waals surface area contributed by atoms with Crippen LogP contribution in [0.3, 0.4) is 0 Å². The van der Waals surface area contributed by atoms with Crippen molar-refractivity contribution in [3.05, 3.63) is 48.5 Å². The molecule has 0 aliphatic carbocycles. The van der Waals surface area contributed by atoms with Crippen molar-refractivity contribution in [3.8, 4) is 5.75 Å². The smallest absolute Gasteiger partial charge is 0.234 e. The van der Waals surface area contributed by atoms with E-state index in [1.807, 2.05) is 49.4 Å². The van der Waals surface area contributed by atoms with Crippen LogP contribution in [-0.2, 0) is 11.3 Å². The standard InChI is InChI=1S/C19H21N3O2S/c1-3-22-17-8-6-5-7-16(17)21-19(22)25-13-18(23)20-14-9-11-15(12-10-14)24-4-2/h5-12H,3-4,13H2,1-2H3,(H,20,23). The number of amides is 1. The normalized spacial score (nSPS) is 10.8. The number of carbonyl (C=O) groups excluding carboxylic acids is 1. The van der Waals surface area contributed by atoms with E-state index in [4.69, 9.17) is 4.74 Å². The van der Waals surface area contributed by atoms with Crippen LogP contribution < -0.4 is 10.1 Å². The zero-order chi connectivity index (χ0) is 17.6. The Hall–Kier alpha value is -2.47. The molecule has 0 atom stereocenters. The highest BCUT2D eigenvalue weighted by Crippen LogP contribution is 2.24. The minimum Gasteiger partial charge on any atom is -0.494 e. The fourth-order valence-corrected chi connectivity index (χ4v) is 3.48. The number of fused-ring (bicyclic) bond motifs is 1. The molecule has 0 saturated heterocycles. The maximum Gasteiger partial charge on any atom is 0.234 e. The molecule has 1 heterocycles. The van der Waals surface area contributed by atoms with Crippen LogP contribution in [0.5, 0.6) is 5.75 Å². The lowest BCUT2D eigenvalue weighted by Crippen LogP contribution is -2.14. The molecule has 5 nitrogen and oxygen atoms in total. The van der Waals surface area contributed by atoms with Crippen molar-refractivity contribution in [1.82, 2.24) is 9.55 Å². The van der Waals surface area contributed by atoms with Crippen LogP contribution in [-0.4, -0.2) is 27.8 Å². The number of imidazole rings is 1. The molecule has 1 amide bonds. The number of nitrogens with one attached hydrogen (secondary N) is 1. The molecule has 3 rings (SSSR count). The van der Waals surface area contributed by atoms with Crippen LogP contribution in [0.4, 0.5) is 5.69 Å². The van der Waals surface area contributed by atoms with E-state index in [-0.39, 0.29) is 5.91 Å². The van der Waals surface area contributed by atoms with E-state index in [0.717, 1.165) is 34.2 Å². The van der Waals surface area contributed by atoms with Crippen molar-refractivity contribution in [2.45, 2.75) is 25.5 Å². The van der Waals surface area contributed by atoms with Gasteiger partial charge in [0.25, 0.3) is 0 Å². The monoisotopic (exact) mass is 355 g/mol. The van der Waals surface area contributed by atoms with Crippen molar-refractivity contribution in [1.29, 1.82) is 0 Å². The number of aromatic nitrogens is 2. The molecule has 130 valence electrons. The summed E-state index contributed by atoms with van der Waals surface area (Å²) in [6.45, 7) is 5.47. The summed E-state index contributed by atoms with van der Waals surface area (Å²) in [4.78, 5) is 16.8. The molecule has 3 aromatic rings. The van der Waals surface area contributed by atoms with E-state index in [2.05, 4.69) is 27.9 Å². The maximum absolute atomic E-state index is 12.2. The second kappa shape index (κ2) is 8.07. The minimum atomic E-state index is -0.0520. The van der Waals surface area contributed by atoms with Gasteiger partial charge in [0.1, 0.15) is 5.75 Å². The summed E-state index contributed by atoms with van der Waals surface area (Å²) in [5.41, 5.74) is 2.82. The van der Waals surface area contributed by atoms with Gasteiger partial charge in [0.05, 0.1) is 23.4 Å². The molecule has 1 aromatic heterocycles. The van der Waals surface area contributed by atoms with Crippen LogP contribution in [0.1, 0.15) is 13.8 Å². The molecule has 0 bridgehead atoms. The topological polar surface area (TPSA) is 56.1 Å². The zero-order valence-electron chi connectivity index (χ0n) is 14.4. The second-order valence-corrected chi connectivity index (χ2v) is 6.36. The summed E-state index contributed by atoms with van der Waals surface area (Å²) >= 11 is 1.45. The lowest BCUT2D eigenvalue weighted by Gasteiger charge is -2.08. The molecule has 0 unspecified atom stereocenters. The quantitative estimate of drug-likeness (QED) is 0.646. The average molecular weight is 355 g/mol. The lowest BCUT2D eigenvalue weighted by atomic mass is 10.3. The number of thioether (sulfide) groups is 1. The molecule has 0 aliphatic heterocycles. The van der Waals surface area contributed by atoms with E-state index >= 15 is 0 Å². The summed E-state index contributed by atoms with van der Waals surface area (Å²) in [7, 11) is 0. The van der Waals surface area contributed by atoms with Gasteiger partial charge in [-0.3, -0.25) is 4.79 Å². The Bertz CT molecular complexity index is 859. The Morgan fingerprint density at radius 3 is 2.64 bits per heavy atom. The lowest BCUT2D eigenvalue weighted by molar-refractivity contribution is -0.113. The predicted molar refractivity (Wildman–Crippen MR) is 102 cm³/mol. The zero-order valence-corrected chi connectivity index (χ0v) is 15.2. The molecular weight excluding hydrogens is 334 g/mol. The summed E-state index contributed by atoms with van der Waals surface area (Å²) in [6, 6.07) is 15.4. The minimum absolute atomic E-state index is 0.0520. The van der Waals surface area contributed by atoms with Gasteiger partial charge >= 0.3 is 0 Å². The Balaban J connectivity index is 1.62. The molecule has 0 saturated carbocycles. The van der Waals surface area contributed by atoms with Gasteiger partial charge in [-0.15, -0.1) is 0 Å². The summed E-state index contributed by atoms with van der Waals surface area (Å²) in [6.07, 6.45) is 0. The Morgan fingerprint density at radius 2 is 1.92 bits per heavy atom. The highest BCUT2D eigenvalue weighted by atomic mass is 32.2. The van der Waals surface area contributed by atoms with Gasteiger partial charge in [-0.05, 0) is 50.2 Å². The number of anilines is 1. The fourth-order valence-electron chi connectivity index (χ4n) is 2.60. The Morgan fingerprint density at radius 1 is 1.16 bits per heavy atom. The van der Waals surface area contributed by atoms with Crippen LogP contribution >= 0.6 is 11.8 Å². The van der Waals surface area contributed by atoms with Crippen molar-refractivity contribution in [3.63, 3.8) is 0 Å². The van der Waals surface area contributed by atoms with Gasteiger partial charge in [0, 0.05) is 12.2 Å². The van der Waals surface area contributed by atoms with E-state index in [1.54, 1.807) is 0 Å². The largest absolute Gasteiger partial charge is 0.494 e. The number of ether oxygens (including phenoxy) is 1. The van der Waals surface area contributed by atoms with Gasteiger partial charge in [0.15, 0.2) is 5.16 Å². The van der Waals surface area contributed by atoms with Crippen molar-refractivity contribution in [2.75, 3.05) is 17.7 Å². The third-order valence-corrected chi connectivity index (χ3v) is 4.69. The first-order chi connectivity index (χ1) is 12.2. The average Bonchev–Trinajstić information content (AvgIpc) is 2.99. The van der Waals surface area contributed by atoms with E-state index < -0.39 is 0 Å². The van der Waals surface area contributed by atoms with E-state index in [0.29, 0.717) is 12.4 Å². The third-order valence-electron chi connectivity index (χ3n) is 3.72. The van der Waals surface area contributed by atoms with Crippen molar-refractivity contribution >= 4 is 34.4 Å². The number of para-hydroxylation sites is 2. The molecule has 0 spiro atoms. The number of benzene rings is 2. The van der Waals surface area contributed by atoms with Crippen molar-refractivity contribution < 1.29 is 9.53 Å². The Kier molecular flexibility index (Phi) is 5.60. The summed E-state index contributed by atoms with van der Waals surface area (Å²) in [5.74, 6) is 1.06. The van der Waals surface area contributed by atoms with Crippen LogP contribution in [0, 0.1) is 0 Å². The van der Waals surface area contributed by atoms with Gasteiger partial charge in [0.2, 0.25) is 5.91 Å². The van der Waals surface area contributed by atoms with Crippen molar-refractivity contribution in [2.24, 2.45) is 0 Å². The van der Waals surface area contributed by atoms with E-state index in [9.17, 15) is 4.79 Å². The molecule has 0 aliphatic rings. The van der Waals surface area contributed by atoms with Gasteiger partial charge in [-0.2, -0.15) is 0 Å². The number of nitrogens with zero attached hydrogens (tertiary/aromatic N) is 2. The molecule has 2 aromatic carbocycles. The third kappa shape index (κ3) is 4.14. The number of hydrogen-bond acceptors (Lipinski definition) is 4. The Labute approximate surface area is 151 Å². The molecule has 0 fully saturated rings. The van der Waals surface area contributed by atoms with Gasteiger partial charge in [-0.1, -0.05) is 23.9 Å². The van der Waals surface area contributed by atoms with Crippen LogP contribution in [0.2, 0.25) is 0 Å². The first-order valence-electron chi connectivity index (χ1n) is 8.32. The predicted octanol–water partition coefficient (Wildman–Crippen LogP) is 4.19. The molecule has 0 radical (unpaired) electrons. The maximum atomic E-state index is 12.2. The summed E-state index contributed by atoms with van der Waals surface area (Å²) < 4.78 is 7.53. The summed E-state index contributed by atoms with van der Waals surface area (Å²) in [5, 5.41) is 3.77. The molecule has 25 heavy (non-hydrogen) atoms. The van der Waals surface area contributed by atoms with Crippen LogP contribution in [0.15, 0.2) is 53.7 Å². The molecular formula is C19H21N3O2S. The highest BCUT2D eigenvalue weighted by molar-refractivity contribution is 7.99. The number of hydrogen-bond donors (Lipinski definition) is 1. The highest BCUT2D eigenvalue weighted by Gasteiger charge is 2.12. The van der Waals surface area contributed by atoms with E-state index in [1.165, 1.54) is 11.8 Å².